The standard InChI is InChI=1S/C11H14.C2H6/c1-6-8-9-10(3)11(4,5)7-2;1-2/h2,6,8-9H,1,3H2,4-5H3;1-2H3/b9-8-;. The van der Waals surface area contributed by atoms with Crippen LogP contribution >= 0.6 is 0 Å². The zero-order valence-corrected chi connectivity index (χ0v) is 9.22. The molecule has 0 aromatic rings. The molecule has 0 bridgehead atoms. The predicted molar refractivity (Wildman–Crippen MR) is 62.4 cm³/mol. The molecule has 0 aliphatic carbocycles. The van der Waals surface area contributed by atoms with Crippen molar-refractivity contribution in [2.24, 2.45) is 5.41 Å². The average Bonchev–Trinajstić information content (AvgIpc) is 2.17. The number of terminal acetylenes is 1. The molecule has 0 spiro atoms. The molecule has 0 aliphatic rings. The summed E-state index contributed by atoms with van der Waals surface area (Å²) in [7, 11) is 0. The largest absolute Gasteiger partial charge is 0.119 e. The van der Waals surface area contributed by atoms with Crippen LogP contribution in [0, 0.1) is 17.8 Å². The van der Waals surface area contributed by atoms with Gasteiger partial charge in [-0.05, 0) is 19.4 Å². The van der Waals surface area contributed by atoms with Crippen molar-refractivity contribution < 1.29 is 0 Å². The van der Waals surface area contributed by atoms with Crippen molar-refractivity contribution in [2.45, 2.75) is 27.7 Å². The molecule has 72 valence electrons. The second-order valence-corrected chi connectivity index (χ2v) is 2.89. The van der Waals surface area contributed by atoms with Gasteiger partial charge in [0, 0.05) is 5.41 Å². The highest BCUT2D eigenvalue weighted by molar-refractivity contribution is 5.31. The molecular formula is C13H20. The molecule has 0 radical (unpaired) electrons. The van der Waals surface area contributed by atoms with Crippen molar-refractivity contribution in [3.63, 3.8) is 0 Å². The molecule has 0 fully saturated rings. The number of hydrogen-bond donors (Lipinski definition) is 0. The van der Waals surface area contributed by atoms with E-state index in [1.54, 1.807) is 6.08 Å². The zero-order valence-electron chi connectivity index (χ0n) is 9.22. The van der Waals surface area contributed by atoms with Crippen LogP contribution in [0.1, 0.15) is 27.7 Å². The second kappa shape index (κ2) is 7.43. The summed E-state index contributed by atoms with van der Waals surface area (Å²) >= 11 is 0. The minimum absolute atomic E-state index is 0.250. The molecule has 0 unspecified atom stereocenters. The summed E-state index contributed by atoms with van der Waals surface area (Å²) in [6.45, 7) is 15.3. The first-order valence-electron chi connectivity index (χ1n) is 4.51. The van der Waals surface area contributed by atoms with Crippen LogP contribution in [0.25, 0.3) is 0 Å². The molecule has 0 heteroatoms. The molecule has 0 saturated heterocycles. The van der Waals surface area contributed by atoms with E-state index >= 15 is 0 Å². The SMILES string of the molecule is C#CC(C)(C)C(=C)/C=C\C=C.CC. The Morgan fingerprint density at radius 2 is 1.85 bits per heavy atom. The van der Waals surface area contributed by atoms with E-state index in [1.807, 2.05) is 39.8 Å². The molecule has 0 aromatic heterocycles. The van der Waals surface area contributed by atoms with Gasteiger partial charge in [-0.25, -0.2) is 0 Å². The van der Waals surface area contributed by atoms with Crippen molar-refractivity contribution in [2.75, 3.05) is 0 Å². The van der Waals surface area contributed by atoms with Gasteiger partial charge in [-0.2, -0.15) is 0 Å². The first-order valence-corrected chi connectivity index (χ1v) is 4.51. The first kappa shape index (κ1) is 14.3. The first-order chi connectivity index (χ1) is 6.04. The van der Waals surface area contributed by atoms with Gasteiger partial charge in [-0.3, -0.25) is 0 Å². The molecule has 13 heavy (non-hydrogen) atoms. The maximum atomic E-state index is 5.31. The quantitative estimate of drug-likeness (QED) is 0.451. The predicted octanol–water partition coefficient (Wildman–Crippen LogP) is 3.97. The van der Waals surface area contributed by atoms with Gasteiger partial charge in [0.25, 0.3) is 0 Å². The van der Waals surface area contributed by atoms with E-state index in [0.717, 1.165) is 5.57 Å². The fraction of sp³-hybridized carbons (Fsp3) is 0.385. The highest BCUT2D eigenvalue weighted by atomic mass is 14.2. The topological polar surface area (TPSA) is 0 Å². The van der Waals surface area contributed by atoms with E-state index in [0.29, 0.717) is 0 Å². The van der Waals surface area contributed by atoms with E-state index in [2.05, 4.69) is 19.1 Å². The second-order valence-electron chi connectivity index (χ2n) is 2.89. The van der Waals surface area contributed by atoms with Crippen molar-refractivity contribution in [3.8, 4) is 12.3 Å². The van der Waals surface area contributed by atoms with Crippen LogP contribution in [0.2, 0.25) is 0 Å². The summed E-state index contributed by atoms with van der Waals surface area (Å²) < 4.78 is 0. The average molecular weight is 176 g/mol. The smallest absolute Gasteiger partial charge is 0.0498 e. The van der Waals surface area contributed by atoms with E-state index in [4.69, 9.17) is 6.42 Å². The van der Waals surface area contributed by atoms with Crippen LogP contribution in [0.4, 0.5) is 0 Å². The third-order valence-electron chi connectivity index (χ3n) is 1.60. The van der Waals surface area contributed by atoms with E-state index in [9.17, 15) is 0 Å². The van der Waals surface area contributed by atoms with Gasteiger partial charge >= 0.3 is 0 Å². The van der Waals surface area contributed by atoms with E-state index < -0.39 is 0 Å². The van der Waals surface area contributed by atoms with Gasteiger partial charge in [0.15, 0.2) is 0 Å². The lowest BCUT2D eigenvalue weighted by atomic mass is 9.86. The molecule has 0 aromatic carbocycles. The van der Waals surface area contributed by atoms with Gasteiger partial charge in [-0.15, -0.1) is 6.42 Å². The fourth-order valence-corrected chi connectivity index (χ4v) is 0.485. The normalized spacial score (nSPS) is 9.77. The monoisotopic (exact) mass is 176 g/mol. The van der Waals surface area contributed by atoms with Gasteiger partial charge in [0.05, 0.1) is 0 Å². The molecular weight excluding hydrogens is 156 g/mol. The Morgan fingerprint density at radius 3 is 2.15 bits per heavy atom. The lowest BCUT2D eigenvalue weighted by molar-refractivity contribution is 0.626. The summed E-state index contributed by atoms with van der Waals surface area (Å²) in [6, 6.07) is 0. The van der Waals surface area contributed by atoms with Crippen LogP contribution in [0.3, 0.4) is 0 Å². The summed E-state index contributed by atoms with van der Waals surface area (Å²) in [6.07, 6.45) is 10.7. The van der Waals surface area contributed by atoms with Crippen LogP contribution in [-0.2, 0) is 0 Å². The number of hydrogen-bond acceptors (Lipinski definition) is 0. The highest BCUT2D eigenvalue weighted by Gasteiger charge is 2.15. The maximum Gasteiger partial charge on any atom is 0.0498 e. The van der Waals surface area contributed by atoms with Gasteiger partial charge in [0.1, 0.15) is 0 Å². The molecule has 0 N–H and O–H groups in total. The molecule has 0 rings (SSSR count). The molecule has 0 aliphatic heterocycles. The zero-order chi connectivity index (χ0) is 10.9. The Hall–Kier alpha value is -1.22. The van der Waals surface area contributed by atoms with E-state index in [1.165, 1.54) is 0 Å². The molecule has 0 nitrogen and oxygen atoms in total. The van der Waals surface area contributed by atoms with Crippen LogP contribution in [0.5, 0.6) is 0 Å². The lowest BCUT2D eigenvalue weighted by Crippen LogP contribution is -2.08. The van der Waals surface area contributed by atoms with Gasteiger partial charge < -0.3 is 0 Å². The minimum Gasteiger partial charge on any atom is -0.119 e. The van der Waals surface area contributed by atoms with E-state index in [-0.39, 0.29) is 5.41 Å². The summed E-state index contributed by atoms with van der Waals surface area (Å²) in [5, 5.41) is 0. The Balaban J connectivity index is 0. The van der Waals surface area contributed by atoms with Crippen LogP contribution in [-0.4, -0.2) is 0 Å². The van der Waals surface area contributed by atoms with Crippen molar-refractivity contribution in [1.29, 1.82) is 0 Å². The third kappa shape index (κ3) is 5.99. The van der Waals surface area contributed by atoms with Crippen molar-refractivity contribution in [1.82, 2.24) is 0 Å². The van der Waals surface area contributed by atoms with Crippen molar-refractivity contribution >= 4 is 0 Å². The molecule has 0 saturated carbocycles. The van der Waals surface area contributed by atoms with Crippen molar-refractivity contribution in [3.05, 3.63) is 37.0 Å². The number of rotatable bonds is 3. The maximum absolute atomic E-state index is 5.31. The number of allylic oxidation sites excluding steroid dienone is 4. The van der Waals surface area contributed by atoms with Crippen LogP contribution in [0.15, 0.2) is 37.0 Å². The molecule has 0 atom stereocenters. The summed E-state index contributed by atoms with van der Waals surface area (Å²) in [5.74, 6) is 2.66. The Morgan fingerprint density at radius 1 is 1.38 bits per heavy atom. The molecule has 0 amide bonds. The van der Waals surface area contributed by atoms with Crippen LogP contribution < -0.4 is 0 Å². The Labute approximate surface area is 83.1 Å². The highest BCUT2D eigenvalue weighted by Crippen LogP contribution is 2.24. The lowest BCUT2D eigenvalue weighted by Gasteiger charge is -2.17. The van der Waals surface area contributed by atoms with Gasteiger partial charge in [0.2, 0.25) is 0 Å². The van der Waals surface area contributed by atoms with Gasteiger partial charge in [-0.1, -0.05) is 51.2 Å². The third-order valence-corrected chi connectivity index (χ3v) is 1.60. The molecule has 0 heterocycles. The summed E-state index contributed by atoms with van der Waals surface area (Å²) in [4.78, 5) is 0. The fourth-order valence-electron chi connectivity index (χ4n) is 0.485. The summed E-state index contributed by atoms with van der Waals surface area (Å²) in [5.41, 5.74) is 0.680. The Bertz CT molecular complexity index is 221. The minimum atomic E-state index is -0.250. The Kier molecular flexibility index (Phi) is 8.18.